The normalized spacial score (nSPS) is 12.9. The number of nitrogens with one attached hydrogen (secondary N) is 6. The zero-order valence-corrected chi connectivity index (χ0v) is 28.1. The van der Waals surface area contributed by atoms with E-state index < -0.39 is 29.7 Å². The fraction of sp³-hybridized carbons (Fsp3) is 0.289. The molecule has 0 aliphatic rings. The summed E-state index contributed by atoms with van der Waals surface area (Å²) in [6, 6.07) is 19.4. The maximum Gasteiger partial charge on any atom is 0.408 e. The molecule has 0 spiro atoms. The van der Waals surface area contributed by atoms with E-state index in [1.165, 1.54) is 0 Å². The summed E-state index contributed by atoms with van der Waals surface area (Å²) < 4.78 is 10.9. The van der Waals surface area contributed by atoms with Crippen molar-refractivity contribution in [2.24, 2.45) is 0 Å². The summed E-state index contributed by atoms with van der Waals surface area (Å²) in [5.74, 6) is -0.0832. The number of amides is 3. The number of hydrogen-bond acceptors (Lipinski definition) is 5. The van der Waals surface area contributed by atoms with Crippen molar-refractivity contribution in [3.8, 4) is 5.75 Å². The lowest BCUT2D eigenvalue weighted by atomic mass is 10.0. The molecule has 0 unspecified atom stereocenters. The molecule has 0 bridgehead atoms. The molecule has 11 heteroatoms. The van der Waals surface area contributed by atoms with E-state index in [0.29, 0.717) is 13.0 Å². The van der Waals surface area contributed by atoms with Crippen molar-refractivity contribution in [3.63, 3.8) is 0 Å². The number of aromatic amines is 3. The first-order valence-electron chi connectivity index (χ1n) is 16.4. The molecule has 0 saturated heterocycles. The third-order valence-electron chi connectivity index (χ3n) is 8.51. The summed E-state index contributed by atoms with van der Waals surface area (Å²) in [6.07, 6.45) is 5.88. The first-order valence-corrected chi connectivity index (χ1v) is 16.4. The van der Waals surface area contributed by atoms with Crippen molar-refractivity contribution in [2.75, 3.05) is 13.7 Å². The van der Waals surface area contributed by atoms with Crippen LogP contribution in [-0.2, 0) is 33.6 Å². The molecule has 6 N–H and O–H groups in total. The molecule has 6 rings (SSSR count). The number of rotatable bonds is 12. The Morgan fingerprint density at radius 2 is 1.24 bits per heavy atom. The van der Waals surface area contributed by atoms with E-state index in [0.717, 1.165) is 55.1 Å². The Kier molecular flexibility index (Phi) is 9.61. The van der Waals surface area contributed by atoms with Crippen LogP contribution in [0.5, 0.6) is 5.75 Å². The van der Waals surface area contributed by atoms with E-state index in [2.05, 4.69) is 30.9 Å². The summed E-state index contributed by atoms with van der Waals surface area (Å²) in [5, 5.41) is 11.7. The van der Waals surface area contributed by atoms with Crippen LogP contribution in [-0.4, -0.2) is 64.2 Å². The predicted octanol–water partition coefficient (Wildman–Crippen LogP) is 5.66. The van der Waals surface area contributed by atoms with Crippen molar-refractivity contribution in [1.29, 1.82) is 0 Å². The second-order valence-corrected chi connectivity index (χ2v) is 13.2. The summed E-state index contributed by atoms with van der Waals surface area (Å²) in [5.41, 5.74) is 4.82. The van der Waals surface area contributed by atoms with Crippen LogP contribution in [0.15, 0.2) is 85.3 Å². The maximum atomic E-state index is 14.1. The molecule has 0 aliphatic carbocycles. The van der Waals surface area contributed by atoms with Crippen molar-refractivity contribution in [2.45, 2.75) is 57.7 Å². The molecular formula is C38H42N6O5. The highest BCUT2D eigenvalue weighted by atomic mass is 16.6. The van der Waals surface area contributed by atoms with E-state index in [4.69, 9.17) is 9.47 Å². The molecule has 0 fully saturated rings. The van der Waals surface area contributed by atoms with Crippen molar-refractivity contribution in [3.05, 3.63) is 102 Å². The number of para-hydroxylation sites is 2. The Bertz CT molecular complexity index is 2100. The second-order valence-electron chi connectivity index (χ2n) is 13.2. The van der Waals surface area contributed by atoms with Crippen LogP contribution in [0.2, 0.25) is 0 Å². The molecule has 0 aliphatic heterocycles. The summed E-state index contributed by atoms with van der Waals surface area (Å²) in [4.78, 5) is 50.7. The SMILES string of the molecule is COc1ccc2[nH]cc(CCNC(=O)[C@H](Cc3c[nH]c4ccccc34)NC(=O)[C@H](Cc3c[nH]c4ccccc34)NC(=O)OC(C)(C)C)c2c1. The highest BCUT2D eigenvalue weighted by molar-refractivity contribution is 5.93. The number of fused-ring (bicyclic) bond motifs is 3. The average molecular weight is 663 g/mol. The lowest BCUT2D eigenvalue weighted by Gasteiger charge is -2.25. The number of methoxy groups -OCH3 is 1. The first-order chi connectivity index (χ1) is 23.6. The van der Waals surface area contributed by atoms with Crippen molar-refractivity contribution >= 4 is 50.6 Å². The number of aromatic nitrogens is 3. The number of benzene rings is 3. The Morgan fingerprint density at radius 1 is 0.694 bits per heavy atom. The molecule has 0 radical (unpaired) electrons. The zero-order valence-electron chi connectivity index (χ0n) is 28.1. The van der Waals surface area contributed by atoms with E-state index >= 15 is 0 Å². The summed E-state index contributed by atoms with van der Waals surface area (Å²) in [7, 11) is 1.63. The standard InChI is InChI=1S/C38H42N6O5/c1-38(2,3)49-37(47)44-34(18-25-22-42-31-12-8-6-10-28(25)31)36(46)43-33(17-24-21-41-30-11-7-5-9-27(24)30)35(45)39-16-15-23-20-40-32-14-13-26(48-4)19-29(23)32/h5-14,19-22,33-34,40-42H,15-18H2,1-4H3,(H,39,45)(H,43,46)(H,44,47)/t33-,34-/m0/s1. The van der Waals surface area contributed by atoms with Gasteiger partial charge < -0.3 is 40.4 Å². The molecule has 11 nitrogen and oxygen atoms in total. The topological polar surface area (TPSA) is 153 Å². The lowest BCUT2D eigenvalue weighted by Crippen LogP contribution is -2.55. The lowest BCUT2D eigenvalue weighted by molar-refractivity contribution is -0.130. The molecule has 3 aromatic carbocycles. The van der Waals surface area contributed by atoms with Gasteiger partial charge in [-0.3, -0.25) is 9.59 Å². The Labute approximate surface area is 284 Å². The maximum absolute atomic E-state index is 14.1. The van der Waals surface area contributed by atoms with Crippen molar-refractivity contribution in [1.82, 2.24) is 30.9 Å². The average Bonchev–Trinajstić information content (AvgIpc) is 3.80. The van der Waals surface area contributed by atoms with Crippen LogP contribution in [0.1, 0.15) is 37.5 Å². The molecule has 3 heterocycles. The van der Waals surface area contributed by atoms with E-state index in [9.17, 15) is 14.4 Å². The van der Waals surface area contributed by atoms with Gasteiger partial charge in [0.05, 0.1) is 7.11 Å². The molecule has 6 aromatic rings. The molecular weight excluding hydrogens is 620 g/mol. The van der Waals surface area contributed by atoms with E-state index in [1.54, 1.807) is 27.9 Å². The molecule has 49 heavy (non-hydrogen) atoms. The van der Waals surface area contributed by atoms with Gasteiger partial charge in [0.15, 0.2) is 0 Å². The Morgan fingerprint density at radius 3 is 1.84 bits per heavy atom. The minimum atomic E-state index is -1.02. The van der Waals surface area contributed by atoms with E-state index in [1.807, 2.05) is 85.3 Å². The number of hydrogen-bond donors (Lipinski definition) is 6. The Balaban J connectivity index is 1.23. The molecule has 254 valence electrons. The van der Waals surface area contributed by atoms with Crippen molar-refractivity contribution < 1.29 is 23.9 Å². The smallest absolute Gasteiger partial charge is 0.408 e. The number of carbonyl (C=O) groups excluding carboxylic acids is 3. The van der Waals surface area contributed by atoms with Gasteiger partial charge in [-0.2, -0.15) is 0 Å². The van der Waals surface area contributed by atoms with Crippen LogP contribution in [0.3, 0.4) is 0 Å². The fourth-order valence-electron chi connectivity index (χ4n) is 6.12. The fourth-order valence-corrected chi connectivity index (χ4v) is 6.12. The number of ether oxygens (including phenoxy) is 2. The molecule has 0 saturated carbocycles. The third-order valence-corrected chi connectivity index (χ3v) is 8.51. The monoisotopic (exact) mass is 662 g/mol. The van der Waals surface area contributed by atoms with Gasteiger partial charge in [0.25, 0.3) is 0 Å². The number of H-pyrrole nitrogens is 3. The largest absolute Gasteiger partial charge is 0.497 e. The molecule has 3 amide bonds. The minimum Gasteiger partial charge on any atom is -0.497 e. The number of alkyl carbamates (subject to hydrolysis) is 1. The number of carbonyl (C=O) groups is 3. The van der Waals surface area contributed by atoms with Gasteiger partial charge in [-0.25, -0.2) is 4.79 Å². The Hall–Kier alpha value is -5.71. The molecule has 3 aromatic heterocycles. The summed E-state index contributed by atoms with van der Waals surface area (Å²) in [6.45, 7) is 5.62. The highest BCUT2D eigenvalue weighted by Gasteiger charge is 2.30. The van der Waals surface area contributed by atoms with Gasteiger partial charge >= 0.3 is 6.09 Å². The van der Waals surface area contributed by atoms with Crippen LogP contribution in [0.4, 0.5) is 4.79 Å². The van der Waals surface area contributed by atoms with Crippen LogP contribution < -0.4 is 20.7 Å². The van der Waals surface area contributed by atoms with Gasteiger partial charge in [-0.05, 0) is 74.2 Å². The van der Waals surface area contributed by atoms with E-state index in [-0.39, 0.29) is 18.7 Å². The van der Waals surface area contributed by atoms with Crippen LogP contribution in [0, 0.1) is 0 Å². The highest BCUT2D eigenvalue weighted by Crippen LogP contribution is 2.24. The molecule has 2 atom stereocenters. The van der Waals surface area contributed by atoms with Gasteiger partial charge in [-0.1, -0.05) is 36.4 Å². The van der Waals surface area contributed by atoms with Crippen LogP contribution in [0.25, 0.3) is 32.7 Å². The van der Waals surface area contributed by atoms with Gasteiger partial charge in [-0.15, -0.1) is 0 Å². The quantitative estimate of drug-likeness (QED) is 0.0999. The van der Waals surface area contributed by atoms with Gasteiger partial charge in [0.2, 0.25) is 11.8 Å². The third kappa shape index (κ3) is 7.89. The predicted molar refractivity (Wildman–Crippen MR) is 191 cm³/mol. The second kappa shape index (κ2) is 14.2. The first kappa shape index (κ1) is 33.2. The van der Waals surface area contributed by atoms with Crippen LogP contribution >= 0.6 is 0 Å². The minimum absolute atomic E-state index is 0.181. The van der Waals surface area contributed by atoms with Gasteiger partial charge in [0.1, 0.15) is 23.4 Å². The zero-order chi connectivity index (χ0) is 34.5. The van der Waals surface area contributed by atoms with Gasteiger partial charge in [0, 0.05) is 70.7 Å². The summed E-state index contributed by atoms with van der Waals surface area (Å²) >= 11 is 0.